The van der Waals surface area contributed by atoms with Gasteiger partial charge in [0.05, 0.1) is 5.56 Å². The quantitative estimate of drug-likeness (QED) is 0.889. The summed E-state index contributed by atoms with van der Waals surface area (Å²) in [5, 5.41) is 3.27. The number of nitrogens with zero attached hydrogens (tertiary/aromatic N) is 1. The predicted octanol–water partition coefficient (Wildman–Crippen LogP) is 3.90. The molecule has 0 radical (unpaired) electrons. The lowest BCUT2D eigenvalue weighted by molar-refractivity contribution is -0.137. The zero-order valence-electron chi connectivity index (χ0n) is 11.3. The number of benzene rings is 1. The van der Waals surface area contributed by atoms with Crippen molar-refractivity contribution >= 4 is 21.6 Å². The van der Waals surface area contributed by atoms with Gasteiger partial charge in [0.15, 0.2) is 0 Å². The van der Waals surface area contributed by atoms with E-state index in [9.17, 15) is 13.2 Å². The van der Waals surface area contributed by atoms with E-state index in [0.29, 0.717) is 16.9 Å². The van der Waals surface area contributed by atoms with E-state index in [4.69, 9.17) is 0 Å². The standard InChI is InChI=1S/C14H18BrF3N2/c1-20(9-10-4-6-19-7-5-10)13-8-11(15)2-3-12(13)14(16,17)18/h2-3,8,10,19H,4-7,9H2,1H3. The summed E-state index contributed by atoms with van der Waals surface area (Å²) in [5.41, 5.74) is -0.331. The Bertz CT molecular complexity index is 456. The number of hydrogen-bond acceptors (Lipinski definition) is 2. The first kappa shape index (κ1) is 15.6. The normalized spacial score (nSPS) is 17.2. The number of piperidine rings is 1. The Morgan fingerprint density at radius 3 is 2.55 bits per heavy atom. The van der Waals surface area contributed by atoms with Crippen LogP contribution in [0.2, 0.25) is 0 Å². The Hall–Kier alpha value is -0.750. The number of nitrogens with one attached hydrogen (secondary N) is 1. The maximum atomic E-state index is 13.1. The van der Waals surface area contributed by atoms with Gasteiger partial charge in [0.25, 0.3) is 0 Å². The molecule has 1 saturated heterocycles. The van der Waals surface area contributed by atoms with E-state index in [0.717, 1.165) is 32.0 Å². The highest BCUT2D eigenvalue weighted by Gasteiger charge is 2.34. The van der Waals surface area contributed by atoms with E-state index in [-0.39, 0.29) is 5.69 Å². The zero-order chi connectivity index (χ0) is 14.8. The molecule has 1 N–H and O–H groups in total. The molecule has 6 heteroatoms. The second-order valence-corrected chi connectivity index (χ2v) is 6.15. The number of halogens is 4. The highest BCUT2D eigenvalue weighted by molar-refractivity contribution is 9.10. The average Bonchev–Trinajstić information content (AvgIpc) is 2.38. The topological polar surface area (TPSA) is 15.3 Å². The fourth-order valence-corrected chi connectivity index (χ4v) is 2.96. The summed E-state index contributed by atoms with van der Waals surface area (Å²) in [7, 11) is 1.74. The van der Waals surface area contributed by atoms with Crippen LogP contribution in [0.25, 0.3) is 0 Å². The first-order chi connectivity index (χ1) is 9.38. The molecule has 112 valence electrons. The molecule has 0 saturated carbocycles. The lowest BCUT2D eigenvalue weighted by atomic mass is 9.97. The number of rotatable bonds is 3. The van der Waals surface area contributed by atoms with Crippen LogP contribution in [-0.4, -0.2) is 26.7 Å². The van der Waals surface area contributed by atoms with Crippen molar-refractivity contribution in [1.82, 2.24) is 5.32 Å². The summed E-state index contributed by atoms with van der Waals surface area (Å²) in [6.45, 7) is 2.55. The summed E-state index contributed by atoms with van der Waals surface area (Å²) < 4.78 is 39.9. The molecule has 0 amide bonds. The van der Waals surface area contributed by atoms with Crippen LogP contribution in [0.5, 0.6) is 0 Å². The van der Waals surface area contributed by atoms with Gasteiger partial charge in [-0.1, -0.05) is 15.9 Å². The van der Waals surface area contributed by atoms with Gasteiger partial charge >= 0.3 is 6.18 Å². The van der Waals surface area contributed by atoms with Crippen molar-refractivity contribution in [3.05, 3.63) is 28.2 Å². The number of anilines is 1. The SMILES string of the molecule is CN(CC1CCNCC1)c1cc(Br)ccc1C(F)(F)F. The van der Waals surface area contributed by atoms with E-state index in [1.165, 1.54) is 6.07 Å². The highest BCUT2D eigenvalue weighted by atomic mass is 79.9. The van der Waals surface area contributed by atoms with Gasteiger partial charge in [-0.2, -0.15) is 13.2 Å². The van der Waals surface area contributed by atoms with Crippen LogP contribution in [0.4, 0.5) is 18.9 Å². The van der Waals surface area contributed by atoms with Gasteiger partial charge in [-0.25, -0.2) is 0 Å². The van der Waals surface area contributed by atoms with Crippen LogP contribution in [0.15, 0.2) is 22.7 Å². The fourth-order valence-electron chi connectivity index (χ4n) is 2.61. The summed E-state index contributed by atoms with van der Waals surface area (Å²) in [6.07, 6.45) is -2.29. The summed E-state index contributed by atoms with van der Waals surface area (Å²) in [4.78, 5) is 1.73. The lowest BCUT2D eigenvalue weighted by Gasteiger charge is -2.30. The molecule has 1 fully saturated rings. The Morgan fingerprint density at radius 2 is 1.95 bits per heavy atom. The number of alkyl halides is 3. The zero-order valence-corrected chi connectivity index (χ0v) is 12.9. The monoisotopic (exact) mass is 350 g/mol. The lowest BCUT2D eigenvalue weighted by Crippen LogP contribution is -2.35. The Morgan fingerprint density at radius 1 is 1.30 bits per heavy atom. The molecular weight excluding hydrogens is 333 g/mol. The Kier molecular flexibility index (Phi) is 4.96. The molecule has 0 aliphatic carbocycles. The predicted molar refractivity (Wildman–Crippen MR) is 78.0 cm³/mol. The first-order valence-electron chi connectivity index (χ1n) is 6.66. The second-order valence-electron chi connectivity index (χ2n) is 5.23. The maximum Gasteiger partial charge on any atom is 0.418 e. The van der Waals surface area contributed by atoms with Crippen molar-refractivity contribution in [3.63, 3.8) is 0 Å². The van der Waals surface area contributed by atoms with Crippen molar-refractivity contribution < 1.29 is 13.2 Å². The van der Waals surface area contributed by atoms with E-state index >= 15 is 0 Å². The van der Waals surface area contributed by atoms with Gasteiger partial charge in [0.1, 0.15) is 0 Å². The van der Waals surface area contributed by atoms with E-state index < -0.39 is 11.7 Å². The Balaban J connectivity index is 2.19. The summed E-state index contributed by atoms with van der Waals surface area (Å²) in [6, 6.07) is 4.12. The van der Waals surface area contributed by atoms with Gasteiger partial charge in [-0.15, -0.1) is 0 Å². The molecule has 2 rings (SSSR count). The van der Waals surface area contributed by atoms with Gasteiger partial charge in [-0.05, 0) is 50.0 Å². The molecule has 1 aliphatic heterocycles. The van der Waals surface area contributed by atoms with E-state index in [1.54, 1.807) is 18.0 Å². The third-order valence-corrected chi connectivity index (χ3v) is 4.16. The van der Waals surface area contributed by atoms with Crippen molar-refractivity contribution in [1.29, 1.82) is 0 Å². The van der Waals surface area contributed by atoms with E-state index in [2.05, 4.69) is 21.2 Å². The minimum absolute atomic E-state index is 0.241. The molecule has 1 aromatic rings. The fraction of sp³-hybridized carbons (Fsp3) is 0.571. The molecule has 0 unspecified atom stereocenters. The average molecular weight is 351 g/mol. The minimum atomic E-state index is -4.32. The second kappa shape index (κ2) is 6.35. The van der Waals surface area contributed by atoms with Crippen LogP contribution in [0.1, 0.15) is 18.4 Å². The van der Waals surface area contributed by atoms with Crippen LogP contribution < -0.4 is 10.2 Å². The molecule has 20 heavy (non-hydrogen) atoms. The molecule has 1 heterocycles. The molecule has 0 aromatic heterocycles. The van der Waals surface area contributed by atoms with Gasteiger partial charge in [0.2, 0.25) is 0 Å². The van der Waals surface area contributed by atoms with Crippen molar-refractivity contribution in [2.45, 2.75) is 19.0 Å². The van der Waals surface area contributed by atoms with Crippen LogP contribution in [0.3, 0.4) is 0 Å². The number of hydrogen-bond donors (Lipinski definition) is 1. The third kappa shape index (κ3) is 3.88. The van der Waals surface area contributed by atoms with Crippen molar-refractivity contribution in [3.8, 4) is 0 Å². The van der Waals surface area contributed by atoms with Crippen LogP contribution >= 0.6 is 15.9 Å². The van der Waals surface area contributed by atoms with Crippen LogP contribution in [0, 0.1) is 5.92 Å². The maximum absolute atomic E-state index is 13.1. The molecule has 0 atom stereocenters. The largest absolute Gasteiger partial charge is 0.418 e. The van der Waals surface area contributed by atoms with Gasteiger partial charge in [0, 0.05) is 23.8 Å². The minimum Gasteiger partial charge on any atom is -0.374 e. The van der Waals surface area contributed by atoms with Crippen LogP contribution in [-0.2, 0) is 6.18 Å². The molecule has 0 spiro atoms. The van der Waals surface area contributed by atoms with Crippen molar-refractivity contribution in [2.75, 3.05) is 31.6 Å². The van der Waals surface area contributed by atoms with Gasteiger partial charge < -0.3 is 10.2 Å². The summed E-state index contributed by atoms with van der Waals surface area (Å²) in [5.74, 6) is 0.446. The smallest absolute Gasteiger partial charge is 0.374 e. The van der Waals surface area contributed by atoms with Crippen molar-refractivity contribution in [2.24, 2.45) is 5.92 Å². The van der Waals surface area contributed by atoms with Gasteiger partial charge in [-0.3, -0.25) is 0 Å². The molecular formula is C14H18BrF3N2. The van der Waals surface area contributed by atoms with E-state index in [1.807, 2.05) is 0 Å². The highest BCUT2D eigenvalue weighted by Crippen LogP contribution is 2.38. The Labute approximate surface area is 125 Å². The molecule has 1 aliphatic rings. The third-order valence-electron chi connectivity index (χ3n) is 3.67. The molecule has 1 aromatic carbocycles. The molecule has 0 bridgehead atoms. The summed E-state index contributed by atoms with van der Waals surface area (Å²) >= 11 is 3.25. The first-order valence-corrected chi connectivity index (χ1v) is 7.46. The molecule has 2 nitrogen and oxygen atoms in total.